The monoisotopic (exact) mass is 414 g/mol. The van der Waals surface area contributed by atoms with Crippen LogP contribution in [0, 0.1) is 12.8 Å². The molecule has 6 heteroatoms. The molecule has 1 aromatic heterocycles. The Kier molecular flexibility index (Phi) is 8.99. The smallest absolute Gasteiger partial charge is 0.154 e. The average molecular weight is 415 g/mol. The number of piperazine rings is 1. The van der Waals surface area contributed by atoms with E-state index in [9.17, 15) is 4.79 Å². The van der Waals surface area contributed by atoms with Crippen LogP contribution in [-0.4, -0.2) is 47.1 Å². The third kappa shape index (κ3) is 7.05. The molecule has 2 heterocycles. The highest BCUT2D eigenvalue weighted by Gasteiger charge is 2.17. The number of ketones is 1. The predicted octanol–water partition coefficient (Wildman–Crippen LogP) is 4.62. The Morgan fingerprint density at radius 1 is 1.48 bits per heavy atom. The second-order valence-corrected chi connectivity index (χ2v) is 8.49. The molecular weight excluding hydrogens is 380 g/mol. The fourth-order valence-electron chi connectivity index (χ4n) is 3.19. The molecule has 0 spiro atoms. The van der Waals surface area contributed by atoms with Gasteiger partial charge in [0.15, 0.2) is 5.78 Å². The van der Waals surface area contributed by atoms with Gasteiger partial charge in [-0.05, 0) is 52.2 Å². The third-order valence-corrected chi connectivity index (χ3v) is 5.98. The molecule has 0 radical (unpaired) electrons. The molecule has 158 valence electrons. The zero-order chi connectivity index (χ0) is 21.4. The fraction of sp³-hybridized carbons (Fsp3) is 0.522. The molecule has 1 aromatic rings. The number of hydrogen-bond acceptors (Lipinski definition) is 6. The summed E-state index contributed by atoms with van der Waals surface area (Å²) < 4.78 is 0. The number of rotatable bonds is 8. The number of aryl methyl sites for hydroxylation is 1. The van der Waals surface area contributed by atoms with Gasteiger partial charge in [0.25, 0.3) is 0 Å². The Morgan fingerprint density at radius 3 is 2.79 bits per heavy atom. The van der Waals surface area contributed by atoms with Crippen LogP contribution >= 0.6 is 11.3 Å². The summed E-state index contributed by atoms with van der Waals surface area (Å²) in [7, 11) is 0. The topological polar surface area (TPSA) is 57.6 Å². The molecule has 1 aliphatic rings. The summed E-state index contributed by atoms with van der Waals surface area (Å²) in [4.78, 5) is 23.6. The highest BCUT2D eigenvalue weighted by molar-refractivity contribution is 7.10. The molecule has 1 fully saturated rings. The Bertz CT molecular complexity index is 819. The zero-order valence-electron chi connectivity index (χ0n) is 18.5. The van der Waals surface area contributed by atoms with Crippen LogP contribution in [-0.2, 0) is 4.79 Å². The Labute approximate surface area is 179 Å². The maximum absolute atomic E-state index is 11.8. The molecule has 1 N–H and O–H groups in total. The van der Waals surface area contributed by atoms with Crippen molar-refractivity contribution in [2.24, 2.45) is 10.9 Å². The molecule has 2 rings (SSSR count). The molecule has 1 aliphatic heterocycles. The molecule has 0 saturated carbocycles. The molecule has 0 aromatic carbocycles. The van der Waals surface area contributed by atoms with Gasteiger partial charge in [-0.25, -0.2) is 9.98 Å². The molecule has 0 amide bonds. The number of allylic oxidation sites excluding steroid dienone is 4. The molecule has 1 unspecified atom stereocenters. The van der Waals surface area contributed by atoms with Crippen molar-refractivity contribution in [1.29, 1.82) is 0 Å². The molecule has 29 heavy (non-hydrogen) atoms. The van der Waals surface area contributed by atoms with Gasteiger partial charge >= 0.3 is 0 Å². The second kappa shape index (κ2) is 11.2. The van der Waals surface area contributed by atoms with E-state index in [4.69, 9.17) is 4.99 Å². The number of carbonyl (C=O) groups is 1. The summed E-state index contributed by atoms with van der Waals surface area (Å²) in [5, 5.41) is 6.26. The first-order valence-electron chi connectivity index (χ1n) is 10.4. The Morgan fingerprint density at radius 2 is 2.24 bits per heavy atom. The lowest BCUT2D eigenvalue weighted by atomic mass is 10.0. The van der Waals surface area contributed by atoms with E-state index in [1.165, 1.54) is 17.0 Å². The van der Waals surface area contributed by atoms with Crippen LogP contribution in [0.3, 0.4) is 0 Å². The van der Waals surface area contributed by atoms with Crippen molar-refractivity contribution >= 4 is 28.5 Å². The molecule has 5 nitrogen and oxygen atoms in total. The van der Waals surface area contributed by atoms with Crippen LogP contribution in [0.2, 0.25) is 0 Å². The van der Waals surface area contributed by atoms with E-state index in [2.05, 4.69) is 61.1 Å². The van der Waals surface area contributed by atoms with Crippen molar-refractivity contribution in [3.63, 3.8) is 0 Å². The number of nitrogens with zero attached hydrogens (tertiary/aromatic N) is 3. The molecular formula is C23H34N4OS. The van der Waals surface area contributed by atoms with Crippen molar-refractivity contribution in [2.45, 2.75) is 54.0 Å². The van der Waals surface area contributed by atoms with Crippen LogP contribution < -0.4 is 5.32 Å². The van der Waals surface area contributed by atoms with Gasteiger partial charge in [0.1, 0.15) is 10.7 Å². The molecule has 0 bridgehead atoms. The predicted molar refractivity (Wildman–Crippen MR) is 124 cm³/mol. The second-order valence-electron chi connectivity index (χ2n) is 7.63. The van der Waals surface area contributed by atoms with E-state index in [1.807, 2.05) is 12.3 Å². The first kappa shape index (κ1) is 23.2. The minimum absolute atomic E-state index is 0.0203. The quantitative estimate of drug-likeness (QED) is 0.383. The van der Waals surface area contributed by atoms with Crippen LogP contribution in [0.5, 0.6) is 0 Å². The van der Waals surface area contributed by atoms with E-state index in [1.54, 1.807) is 13.0 Å². The van der Waals surface area contributed by atoms with Gasteiger partial charge in [-0.3, -0.25) is 4.79 Å². The minimum atomic E-state index is -0.0203. The van der Waals surface area contributed by atoms with Gasteiger partial charge in [0, 0.05) is 54.2 Å². The number of carbonyl (C=O) groups excluding carboxylic acids is 1. The van der Waals surface area contributed by atoms with Crippen LogP contribution in [0.4, 0.5) is 0 Å². The van der Waals surface area contributed by atoms with Gasteiger partial charge in [-0.1, -0.05) is 19.9 Å². The van der Waals surface area contributed by atoms with Crippen molar-refractivity contribution in [3.8, 4) is 0 Å². The van der Waals surface area contributed by atoms with Crippen molar-refractivity contribution < 1.29 is 4.79 Å². The standard InChI is InChI=1S/C23H34N4OS/c1-7-16(3)21(10-9-20(8-2)27-12-11-24-17(4)14-27)26-22(13-19(6)28)23-25-18(5)15-29-23/h8-10,13,15-17,24H,7,11-12,14H2,1-6H3/b10-9-,20-8+,22-13-,26-21+/t16?,17-/m0/s1. The largest absolute Gasteiger partial charge is 0.369 e. The van der Waals surface area contributed by atoms with Crippen LogP contribution in [0.15, 0.2) is 40.4 Å². The number of aromatic nitrogens is 1. The van der Waals surface area contributed by atoms with Gasteiger partial charge in [0.2, 0.25) is 0 Å². The lowest BCUT2D eigenvalue weighted by molar-refractivity contribution is -0.112. The fourth-order valence-corrected chi connectivity index (χ4v) is 3.94. The summed E-state index contributed by atoms with van der Waals surface area (Å²) in [6.07, 6.45) is 8.97. The maximum atomic E-state index is 11.8. The van der Waals surface area contributed by atoms with Gasteiger partial charge in [-0.15, -0.1) is 11.3 Å². The van der Waals surface area contributed by atoms with E-state index < -0.39 is 0 Å². The van der Waals surface area contributed by atoms with Crippen molar-refractivity contribution in [2.75, 3.05) is 19.6 Å². The lowest BCUT2D eigenvalue weighted by Crippen LogP contribution is -2.48. The lowest BCUT2D eigenvalue weighted by Gasteiger charge is -2.34. The minimum Gasteiger partial charge on any atom is -0.369 e. The SMILES string of the molecule is C\C=C(/C=C\C(=N/C(=C\C(C)=O)c1nc(C)cs1)C(C)CC)N1CCN[C@@H](C)C1. The number of aliphatic imine (C=N–C) groups is 1. The number of thiazole rings is 1. The first-order chi connectivity index (χ1) is 13.8. The van der Waals surface area contributed by atoms with Gasteiger partial charge in [0.05, 0.1) is 0 Å². The van der Waals surface area contributed by atoms with E-state index >= 15 is 0 Å². The molecule has 1 saturated heterocycles. The van der Waals surface area contributed by atoms with Crippen molar-refractivity contribution in [3.05, 3.63) is 46.1 Å². The van der Waals surface area contributed by atoms with Gasteiger partial charge in [-0.2, -0.15) is 0 Å². The van der Waals surface area contributed by atoms with E-state index in [-0.39, 0.29) is 11.7 Å². The summed E-state index contributed by atoms with van der Waals surface area (Å²) in [5.41, 5.74) is 3.76. The molecule has 2 atom stereocenters. The van der Waals surface area contributed by atoms with Crippen molar-refractivity contribution in [1.82, 2.24) is 15.2 Å². The van der Waals surface area contributed by atoms with Crippen LogP contribution in [0.1, 0.15) is 51.7 Å². The van der Waals surface area contributed by atoms with Gasteiger partial charge < -0.3 is 10.2 Å². The highest BCUT2D eigenvalue weighted by atomic mass is 32.1. The Balaban J connectivity index is 2.35. The summed E-state index contributed by atoms with van der Waals surface area (Å²) in [6, 6.07) is 0.480. The first-order valence-corrected chi connectivity index (χ1v) is 11.3. The zero-order valence-corrected chi connectivity index (χ0v) is 19.3. The summed E-state index contributed by atoms with van der Waals surface area (Å²) in [5.74, 6) is 0.260. The maximum Gasteiger partial charge on any atom is 0.154 e. The number of hydrogen-bond donors (Lipinski definition) is 1. The summed E-state index contributed by atoms with van der Waals surface area (Å²) in [6.45, 7) is 15.1. The molecule has 0 aliphatic carbocycles. The van der Waals surface area contributed by atoms with E-state index in [0.717, 1.165) is 42.5 Å². The summed E-state index contributed by atoms with van der Waals surface area (Å²) >= 11 is 1.52. The van der Waals surface area contributed by atoms with E-state index in [0.29, 0.717) is 11.7 Å². The normalized spacial score (nSPS) is 20.4. The third-order valence-electron chi connectivity index (χ3n) is 5.00. The number of nitrogens with one attached hydrogen (secondary N) is 1. The highest BCUT2D eigenvalue weighted by Crippen LogP contribution is 2.23. The average Bonchev–Trinajstić information content (AvgIpc) is 3.12. The Hall–Kier alpha value is -2.05. The van der Waals surface area contributed by atoms with Crippen LogP contribution in [0.25, 0.3) is 5.70 Å².